The summed E-state index contributed by atoms with van der Waals surface area (Å²) < 4.78 is 0. The lowest BCUT2D eigenvalue weighted by molar-refractivity contribution is 0.0827. The van der Waals surface area contributed by atoms with Gasteiger partial charge in [-0.15, -0.1) is 24.0 Å². The molecule has 0 aliphatic carbocycles. The fourth-order valence-corrected chi connectivity index (χ4v) is 3.51. The second-order valence-corrected chi connectivity index (χ2v) is 7.54. The number of carbonyl (C=O) groups is 1. The second kappa shape index (κ2) is 11.9. The first-order valence-corrected chi connectivity index (χ1v) is 10.1. The highest BCUT2D eigenvalue weighted by atomic mass is 127. The Balaban J connectivity index is 0.00000320. The molecule has 1 aliphatic rings. The van der Waals surface area contributed by atoms with E-state index in [2.05, 4.69) is 44.8 Å². The number of hydrogen-bond donors (Lipinski definition) is 2. The lowest BCUT2D eigenvalue weighted by Crippen LogP contribution is -2.42. The van der Waals surface area contributed by atoms with Crippen molar-refractivity contribution in [2.75, 3.05) is 40.8 Å². The van der Waals surface area contributed by atoms with E-state index in [1.165, 1.54) is 11.1 Å². The van der Waals surface area contributed by atoms with Gasteiger partial charge < -0.3 is 15.5 Å². The van der Waals surface area contributed by atoms with Crippen molar-refractivity contribution in [2.45, 2.75) is 19.5 Å². The molecule has 0 unspecified atom stereocenters. The normalized spacial score (nSPS) is 13.8. The number of nitrogens with one attached hydrogen (secondary N) is 2. The number of guanidine groups is 1. The van der Waals surface area contributed by atoms with Crippen molar-refractivity contribution < 1.29 is 4.79 Å². The van der Waals surface area contributed by atoms with Gasteiger partial charge in [-0.3, -0.25) is 14.7 Å². The van der Waals surface area contributed by atoms with Crippen LogP contribution in [0.1, 0.15) is 27.0 Å². The van der Waals surface area contributed by atoms with Crippen molar-refractivity contribution in [3.63, 3.8) is 0 Å². The molecule has 0 saturated heterocycles. The van der Waals surface area contributed by atoms with E-state index < -0.39 is 0 Å². The predicted octanol–water partition coefficient (Wildman–Crippen LogP) is 2.73. The van der Waals surface area contributed by atoms with E-state index in [9.17, 15) is 4.79 Å². The average molecular weight is 521 g/mol. The van der Waals surface area contributed by atoms with E-state index in [-0.39, 0.29) is 29.9 Å². The summed E-state index contributed by atoms with van der Waals surface area (Å²) in [5, 5.41) is 6.73. The highest BCUT2D eigenvalue weighted by Gasteiger charge is 2.15. The monoisotopic (exact) mass is 521 g/mol. The van der Waals surface area contributed by atoms with Crippen LogP contribution in [0.2, 0.25) is 0 Å². The summed E-state index contributed by atoms with van der Waals surface area (Å²) in [6, 6.07) is 16.4. The van der Waals surface area contributed by atoms with E-state index in [1.54, 1.807) is 26.0 Å². The molecular weight excluding hydrogens is 489 g/mol. The molecule has 2 aromatic carbocycles. The van der Waals surface area contributed by atoms with E-state index in [0.717, 1.165) is 44.1 Å². The van der Waals surface area contributed by atoms with Crippen molar-refractivity contribution in [3.05, 3.63) is 70.8 Å². The molecule has 2 N–H and O–H groups in total. The molecule has 3 rings (SSSR count). The zero-order valence-corrected chi connectivity index (χ0v) is 20.3. The molecule has 1 aliphatic heterocycles. The van der Waals surface area contributed by atoms with Gasteiger partial charge in [-0.1, -0.05) is 36.4 Å². The molecule has 30 heavy (non-hydrogen) atoms. The number of amides is 1. The Morgan fingerprint density at radius 1 is 1.07 bits per heavy atom. The first-order chi connectivity index (χ1) is 14.1. The Labute approximate surface area is 196 Å². The first-order valence-electron chi connectivity index (χ1n) is 10.1. The Morgan fingerprint density at radius 3 is 2.43 bits per heavy atom. The van der Waals surface area contributed by atoms with Crippen molar-refractivity contribution >= 4 is 35.8 Å². The van der Waals surface area contributed by atoms with Gasteiger partial charge in [0.05, 0.1) is 0 Å². The van der Waals surface area contributed by atoms with E-state index in [0.29, 0.717) is 12.1 Å². The molecule has 162 valence electrons. The minimum absolute atomic E-state index is 0. The maximum atomic E-state index is 12.0. The number of benzene rings is 2. The SMILES string of the molecule is CN=C(NCCN1CCc2ccccc2C1)NCc1ccc(C(=O)N(C)C)cc1.I. The Hall–Kier alpha value is -2.13. The molecule has 7 heteroatoms. The van der Waals surface area contributed by atoms with Gasteiger partial charge in [-0.25, -0.2) is 0 Å². The fourth-order valence-electron chi connectivity index (χ4n) is 3.51. The Kier molecular flexibility index (Phi) is 9.58. The maximum Gasteiger partial charge on any atom is 0.253 e. The molecule has 0 bridgehead atoms. The summed E-state index contributed by atoms with van der Waals surface area (Å²) in [5.41, 5.74) is 4.73. The highest BCUT2D eigenvalue weighted by molar-refractivity contribution is 14.0. The maximum absolute atomic E-state index is 12.0. The highest BCUT2D eigenvalue weighted by Crippen LogP contribution is 2.17. The fraction of sp³-hybridized carbons (Fsp3) is 0.391. The van der Waals surface area contributed by atoms with E-state index in [4.69, 9.17) is 0 Å². The summed E-state index contributed by atoms with van der Waals surface area (Å²) in [4.78, 5) is 20.3. The van der Waals surface area contributed by atoms with Crippen LogP contribution in [-0.4, -0.2) is 62.4 Å². The van der Waals surface area contributed by atoms with Crippen LogP contribution in [0.15, 0.2) is 53.5 Å². The Bertz CT molecular complexity index is 851. The number of halogens is 1. The smallest absolute Gasteiger partial charge is 0.253 e. The van der Waals surface area contributed by atoms with E-state index >= 15 is 0 Å². The number of fused-ring (bicyclic) bond motifs is 1. The molecule has 1 heterocycles. The van der Waals surface area contributed by atoms with Crippen molar-refractivity contribution in [2.24, 2.45) is 4.99 Å². The largest absolute Gasteiger partial charge is 0.355 e. The van der Waals surface area contributed by atoms with Gasteiger partial charge in [0.15, 0.2) is 5.96 Å². The molecule has 0 aromatic heterocycles. The lowest BCUT2D eigenvalue weighted by Gasteiger charge is -2.28. The lowest BCUT2D eigenvalue weighted by atomic mass is 10.00. The minimum Gasteiger partial charge on any atom is -0.355 e. The van der Waals surface area contributed by atoms with Crippen molar-refractivity contribution in [1.29, 1.82) is 0 Å². The summed E-state index contributed by atoms with van der Waals surface area (Å²) in [6.07, 6.45) is 1.12. The topological polar surface area (TPSA) is 60.0 Å². The second-order valence-electron chi connectivity index (χ2n) is 7.54. The number of aliphatic imine (C=N–C) groups is 1. The quantitative estimate of drug-likeness (QED) is 0.349. The molecule has 6 nitrogen and oxygen atoms in total. The number of hydrogen-bond acceptors (Lipinski definition) is 3. The van der Waals surface area contributed by atoms with Gasteiger partial charge in [0.1, 0.15) is 0 Å². The van der Waals surface area contributed by atoms with E-state index in [1.807, 2.05) is 24.3 Å². The van der Waals surface area contributed by atoms with Crippen LogP contribution in [0.4, 0.5) is 0 Å². The van der Waals surface area contributed by atoms with Crippen LogP contribution in [0.3, 0.4) is 0 Å². The third kappa shape index (κ3) is 6.70. The summed E-state index contributed by atoms with van der Waals surface area (Å²) in [7, 11) is 5.30. The zero-order valence-electron chi connectivity index (χ0n) is 18.0. The first kappa shape index (κ1) is 24.1. The van der Waals surface area contributed by atoms with Gasteiger partial charge >= 0.3 is 0 Å². The molecule has 0 radical (unpaired) electrons. The van der Waals surface area contributed by atoms with Crippen LogP contribution < -0.4 is 10.6 Å². The van der Waals surface area contributed by atoms with Crippen LogP contribution >= 0.6 is 24.0 Å². The summed E-state index contributed by atoms with van der Waals surface area (Å²) in [6.45, 7) is 4.60. The summed E-state index contributed by atoms with van der Waals surface area (Å²) in [5.74, 6) is 0.804. The van der Waals surface area contributed by atoms with Crippen LogP contribution in [0.5, 0.6) is 0 Å². The number of rotatable bonds is 6. The third-order valence-corrected chi connectivity index (χ3v) is 5.22. The minimum atomic E-state index is 0. The Morgan fingerprint density at radius 2 is 1.77 bits per heavy atom. The molecule has 0 spiro atoms. The third-order valence-electron chi connectivity index (χ3n) is 5.22. The average Bonchev–Trinajstić information content (AvgIpc) is 2.75. The molecule has 2 aromatic rings. The van der Waals surface area contributed by atoms with Gasteiger partial charge in [-0.2, -0.15) is 0 Å². The number of carbonyl (C=O) groups excluding carboxylic acids is 1. The zero-order chi connectivity index (χ0) is 20.6. The molecule has 0 fully saturated rings. The van der Waals surface area contributed by atoms with Crippen LogP contribution in [0.25, 0.3) is 0 Å². The van der Waals surface area contributed by atoms with Gasteiger partial charge in [0.25, 0.3) is 5.91 Å². The summed E-state index contributed by atoms with van der Waals surface area (Å²) >= 11 is 0. The van der Waals surface area contributed by atoms with Crippen LogP contribution in [0, 0.1) is 0 Å². The molecular formula is C23H32IN5O. The van der Waals surface area contributed by atoms with Crippen molar-refractivity contribution in [3.8, 4) is 0 Å². The predicted molar refractivity (Wildman–Crippen MR) is 133 cm³/mol. The van der Waals surface area contributed by atoms with Gasteiger partial charge in [-0.05, 0) is 35.2 Å². The van der Waals surface area contributed by atoms with Crippen molar-refractivity contribution in [1.82, 2.24) is 20.4 Å². The van der Waals surface area contributed by atoms with Gasteiger partial charge in [0, 0.05) is 59.4 Å². The number of nitrogens with zero attached hydrogens (tertiary/aromatic N) is 3. The standard InChI is InChI=1S/C23H31N5O.HI/c1-24-23(26-16-18-8-10-20(11-9-18)22(29)27(2)3)25-13-15-28-14-12-19-6-4-5-7-21(19)17-28;/h4-11H,12-17H2,1-3H3,(H2,24,25,26);1H. The van der Waals surface area contributed by atoms with Gasteiger partial charge in [0.2, 0.25) is 0 Å². The van der Waals surface area contributed by atoms with Crippen LogP contribution in [-0.2, 0) is 19.5 Å². The molecule has 0 atom stereocenters. The molecule has 1 amide bonds. The molecule has 0 saturated carbocycles.